The molecule has 0 aliphatic heterocycles. The van der Waals surface area contributed by atoms with E-state index in [1.807, 2.05) is 0 Å². The highest BCUT2D eigenvalue weighted by Gasteiger charge is 2.91. The van der Waals surface area contributed by atoms with Gasteiger partial charge < -0.3 is 9.72 Å². The maximum atomic E-state index is 14.2. The van der Waals surface area contributed by atoms with Gasteiger partial charge in [0.2, 0.25) is 0 Å². The minimum atomic E-state index is -8.02. The van der Waals surface area contributed by atoms with E-state index in [9.17, 15) is 61.9 Å². The van der Waals surface area contributed by atoms with Gasteiger partial charge in [-0.2, -0.15) is 57.1 Å². The summed E-state index contributed by atoms with van der Waals surface area (Å²) >= 11 is 0. The van der Waals surface area contributed by atoms with Crippen molar-refractivity contribution in [3.05, 3.63) is 40.2 Å². The van der Waals surface area contributed by atoms with Gasteiger partial charge in [0.1, 0.15) is 5.75 Å². The van der Waals surface area contributed by atoms with E-state index in [-0.39, 0.29) is 5.75 Å². The highest BCUT2D eigenvalue weighted by molar-refractivity contribution is 5.80. The van der Waals surface area contributed by atoms with Crippen molar-refractivity contribution in [3.63, 3.8) is 0 Å². The molecule has 16 heteroatoms. The van der Waals surface area contributed by atoms with Crippen LogP contribution in [-0.4, -0.2) is 42.0 Å². The predicted octanol–water partition coefficient (Wildman–Crippen LogP) is 5.73. The molecule has 0 bridgehead atoms. The predicted molar refractivity (Wildman–Crippen MR) is 80.9 cm³/mol. The van der Waals surface area contributed by atoms with Gasteiger partial charge in [-0.3, -0.25) is 4.79 Å². The van der Waals surface area contributed by atoms with E-state index in [1.165, 1.54) is 4.98 Å². The fourth-order valence-corrected chi connectivity index (χ4v) is 2.46. The Bertz CT molecular complexity index is 1070. The molecule has 1 aromatic carbocycles. The average molecular weight is 493 g/mol. The summed E-state index contributed by atoms with van der Waals surface area (Å²) in [7, 11) is 1.11. The lowest BCUT2D eigenvalue weighted by atomic mass is 9.92. The lowest BCUT2D eigenvalue weighted by molar-refractivity contribution is -0.442. The number of aromatic nitrogens is 1. The number of rotatable bonds is 6. The molecule has 0 amide bonds. The monoisotopic (exact) mass is 493 g/mol. The number of benzene rings is 1. The first kappa shape index (κ1) is 25.6. The Labute approximate surface area is 167 Å². The minimum absolute atomic E-state index is 0.0478. The number of alkyl halides is 13. The van der Waals surface area contributed by atoms with Crippen molar-refractivity contribution in [2.24, 2.45) is 0 Å². The van der Waals surface area contributed by atoms with Gasteiger partial charge in [0, 0.05) is 17.0 Å². The van der Waals surface area contributed by atoms with Crippen LogP contribution in [0.3, 0.4) is 0 Å². The molecule has 0 aliphatic carbocycles. The number of hydrogen-bond donors (Lipinski definition) is 1. The van der Waals surface area contributed by atoms with Crippen molar-refractivity contribution < 1.29 is 61.8 Å². The number of H-pyrrole nitrogens is 1. The normalized spacial score (nSPS) is 14.7. The van der Waals surface area contributed by atoms with E-state index in [4.69, 9.17) is 4.74 Å². The third-order valence-electron chi connectivity index (χ3n) is 4.31. The van der Waals surface area contributed by atoms with Crippen molar-refractivity contribution in [1.29, 1.82) is 0 Å². The maximum absolute atomic E-state index is 14.2. The third-order valence-corrected chi connectivity index (χ3v) is 4.31. The van der Waals surface area contributed by atoms with Gasteiger partial charge in [0.15, 0.2) is 5.43 Å². The molecule has 3 nitrogen and oxygen atoms in total. The zero-order valence-electron chi connectivity index (χ0n) is 15.0. The fraction of sp³-hybridized carbons (Fsp3) is 0.438. The smallest absolute Gasteiger partial charge is 0.460 e. The SMILES string of the molecule is COc1ccc2[nH]c(C(F)(F)C(F)(F)C(F)(F)C(F)(F)C(F)(F)C(F)(F)F)cc(=O)c2c1. The molecule has 1 N–H and O–H groups in total. The summed E-state index contributed by atoms with van der Waals surface area (Å²) in [5.74, 6) is -37.9. The molecule has 0 fully saturated rings. The Morgan fingerprint density at radius 2 is 1.22 bits per heavy atom. The number of methoxy groups -OCH3 is 1. The van der Waals surface area contributed by atoms with Gasteiger partial charge in [0.25, 0.3) is 0 Å². The number of halogens is 13. The summed E-state index contributed by atoms with van der Waals surface area (Å²) in [4.78, 5) is 13.3. The lowest BCUT2D eigenvalue weighted by Crippen LogP contribution is -2.69. The van der Waals surface area contributed by atoms with Crippen LogP contribution in [0.4, 0.5) is 57.1 Å². The minimum Gasteiger partial charge on any atom is -0.497 e. The second-order valence-corrected chi connectivity index (χ2v) is 6.33. The quantitative estimate of drug-likeness (QED) is 0.523. The van der Waals surface area contributed by atoms with Crippen LogP contribution in [0, 0.1) is 0 Å². The second kappa shape index (κ2) is 7.16. The van der Waals surface area contributed by atoms with E-state index in [2.05, 4.69) is 0 Å². The first-order valence-corrected chi connectivity index (χ1v) is 7.84. The Morgan fingerprint density at radius 3 is 1.69 bits per heavy atom. The molecule has 180 valence electrons. The van der Waals surface area contributed by atoms with Crippen LogP contribution in [-0.2, 0) is 5.92 Å². The Balaban J connectivity index is 2.70. The van der Waals surface area contributed by atoms with Crippen LogP contribution in [0.25, 0.3) is 10.9 Å². The highest BCUT2D eigenvalue weighted by Crippen LogP contribution is 2.61. The summed E-state index contributed by atoms with van der Waals surface area (Å²) in [5, 5.41) is -0.520. The summed E-state index contributed by atoms with van der Waals surface area (Å²) in [6.45, 7) is 0. The van der Waals surface area contributed by atoms with E-state index in [1.54, 1.807) is 0 Å². The molecular weight excluding hydrogens is 485 g/mol. The molecule has 1 aromatic heterocycles. The van der Waals surface area contributed by atoms with Crippen molar-refractivity contribution in [1.82, 2.24) is 4.98 Å². The largest absolute Gasteiger partial charge is 0.497 e. The molecule has 0 radical (unpaired) electrons. The number of ether oxygens (including phenoxy) is 1. The van der Waals surface area contributed by atoms with Crippen LogP contribution in [0.2, 0.25) is 0 Å². The van der Waals surface area contributed by atoms with Crippen molar-refractivity contribution >= 4 is 10.9 Å². The van der Waals surface area contributed by atoms with Crippen molar-refractivity contribution in [3.8, 4) is 5.75 Å². The fourth-order valence-electron chi connectivity index (χ4n) is 2.46. The molecule has 0 atom stereocenters. The standard InChI is InChI=1S/C16H8F13NO2/c1-32-6-2-3-8-7(4-6)9(31)5-10(30-8)11(17,18)12(19,20)13(21,22)14(23,24)15(25,26)16(27,28)29/h2-5H,1H3,(H,30,31). The molecule has 0 spiro atoms. The number of pyridine rings is 1. The number of nitrogens with one attached hydrogen (secondary N) is 1. The molecule has 0 aliphatic rings. The maximum Gasteiger partial charge on any atom is 0.460 e. The van der Waals surface area contributed by atoms with Crippen LogP contribution in [0.5, 0.6) is 5.75 Å². The molecule has 0 saturated heterocycles. The summed E-state index contributed by atoms with van der Waals surface area (Å²) < 4.78 is 177. The van der Waals surface area contributed by atoms with E-state index in [0.717, 1.165) is 25.3 Å². The lowest BCUT2D eigenvalue weighted by Gasteiger charge is -2.39. The zero-order chi connectivity index (χ0) is 25.1. The van der Waals surface area contributed by atoms with Gasteiger partial charge in [-0.05, 0) is 18.2 Å². The van der Waals surface area contributed by atoms with E-state index in [0.29, 0.717) is 0 Å². The van der Waals surface area contributed by atoms with Gasteiger partial charge >= 0.3 is 35.8 Å². The van der Waals surface area contributed by atoms with Crippen LogP contribution in [0.1, 0.15) is 5.69 Å². The summed E-state index contributed by atoms with van der Waals surface area (Å²) in [6.07, 6.45) is -7.50. The molecule has 0 unspecified atom stereocenters. The molecular formula is C16H8F13NO2. The Hall–Kier alpha value is -2.68. The van der Waals surface area contributed by atoms with Crippen LogP contribution < -0.4 is 10.2 Å². The number of hydrogen-bond acceptors (Lipinski definition) is 2. The van der Waals surface area contributed by atoms with Gasteiger partial charge in [0.05, 0.1) is 12.8 Å². The highest BCUT2D eigenvalue weighted by atomic mass is 19.4. The summed E-state index contributed by atoms with van der Waals surface area (Å²) in [5.41, 5.74) is -4.71. The molecule has 2 rings (SSSR count). The van der Waals surface area contributed by atoms with E-state index >= 15 is 0 Å². The van der Waals surface area contributed by atoms with Crippen molar-refractivity contribution in [2.75, 3.05) is 7.11 Å². The van der Waals surface area contributed by atoms with Gasteiger partial charge in [-0.25, -0.2) is 0 Å². The molecule has 2 aromatic rings. The third kappa shape index (κ3) is 3.34. The summed E-state index contributed by atoms with van der Waals surface area (Å²) in [6, 6.07) is 2.20. The molecule has 1 heterocycles. The Morgan fingerprint density at radius 1 is 0.719 bits per heavy atom. The average Bonchev–Trinajstić information content (AvgIpc) is 2.66. The molecule has 32 heavy (non-hydrogen) atoms. The first-order valence-electron chi connectivity index (χ1n) is 7.84. The number of fused-ring (bicyclic) bond motifs is 1. The van der Waals surface area contributed by atoms with Gasteiger partial charge in [-0.15, -0.1) is 0 Å². The Kier molecular flexibility index (Phi) is 5.73. The topological polar surface area (TPSA) is 42.1 Å². The molecule has 0 saturated carbocycles. The second-order valence-electron chi connectivity index (χ2n) is 6.33. The van der Waals surface area contributed by atoms with Crippen LogP contribution >= 0.6 is 0 Å². The van der Waals surface area contributed by atoms with Gasteiger partial charge in [-0.1, -0.05) is 0 Å². The van der Waals surface area contributed by atoms with E-state index < -0.39 is 63.9 Å². The zero-order valence-corrected chi connectivity index (χ0v) is 15.0. The van der Waals surface area contributed by atoms with Crippen LogP contribution in [0.15, 0.2) is 29.1 Å². The number of aromatic amines is 1. The van der Waals surface area contributed by atoms with Crippen molar-refractivity contribution in [2.45, 2.75) is 35.8 Å². The first-order chi connectivity index (χ1) is 14.2.